The van der Waals surface area contributed by atoms with Gasteiger partial charge in [-0.05, 0) is 81.9 Å². The average molecular weight is 753 g/mol. The molecule has 6 rings (SSSR count). The number of dihydropyridines is 1. The number of benzene rings is 2. The van der Waals surface area contributed by atoms with Crippen molar-refractivity contribution >= 4 is 41.0 Å². The molecule has 3 atom stereocenters. The highest BCUT2D eigenvalue weighted by molar-refractivity contribution is 6.36. The highest BCUT2D eigenvalue weighted by Gasteiger charge is 2.43. The molecule has 3 unspecified atom stereocenters. The molecule has 12 heteroatoms. The molecule has 10 nitrogen and oxygen atoms in total. The fraction of sp³-hybridized carbons (Fsp3) is 0.525. The Morgan fingerprint density at radius 3 is 1.94 bits per heavy atom. The van der Waals surface area contributed by atoms with E-state index < -0.39 is 17.9 Å². The maximum Gasteiger partial charge on any atom is 0.334 e. The van der Waals surface area contributed by atoms with Crippen LogP contribution in [0, 0.1) is 0 Å². The molecule has 280 valence electrons. The molecular weight excluding hydrogens is 701 g/mol. The van der Waals surface area contributed by atoms with Gasteiger partial charge in [0.1, 0.15) is 0 Å². The first kappa shape index (κ1) is 38.3. The van der Waals surface area contributed by atoms with Gasteiger partial charge in [0, 0.05) is 77.9 Å². The Morgan fingerprint density at radius 1 is 0.788 bits per heavy atom. The van der Waals surface area contributed by atoms with Crippen LogP contribution in [-0.4, -0.2) is 112 Å². The van der Waals surface area contributed by atoms with E-state index in [1.54, 1.807) is 18.2 Å². The number of allylic oxidation sites excluding steroid dienone is 1. The number of carboxylic acids is 2. The number of nitrogens with one attached hydrogen (secondary N) is 1. The number of hydrogen-bond donors (Lipinski definition) is 3. The summed E-state index contributed by atoms with van der Waals surface area (Å²) in [6, 6.07) is 14.7. The van der Waals surface area contributed by atoms with Gasteiger partial charge in [-0.15, -0.1) is 0 Å². The third-order valence-electron chi connectivity index (χ3n) is 11.9. The van der Waals surface area contributed by atoms with Crippen LogP contribution in [0.4, 0.5) is 0 Å². The van der Waals surface area contributed by atoms with Crippen molar-refractivity contribution in [2.75, 3.05) is 46.3 Å². The third kappa shape index (κ3) is 8.06. The molecule has 2 aromatic carbocycles. The van der Waals surface area contributed by atoms with Crippen LogP contribution in [0.2, 0.25) is 10.0 Å². The Labute approximate surface area is 317 Å². The Hall–Kier alpha value is -3.41. The van der Waals surface area contributed by atoms with Crippen molar-refractivity contribution in [3.8, 4) is 0 Å². The smallest absolute Gasteiger partial charge is 0.334 e. The van der Waals surface area contributed by atoms with Gasteiger partial charge >= 0.3 is 11.9 Å². The standard InChI is InChI=1S/C40H51Cl2N5O5/c1-4-45(5-2)24-26-10-7-6-9-25(26)13-16-32-36(39(49)50)38(35-30(41)11-8-12-31(35)42)37(40(51)52)33(43-32)23-34(48)47-19-17-46(18-20-47)29-21-27-14-15-28(22-29)44(27)3/h6-12,27-29,38,43H,4-5,13-24H2,1-3H3,(H,49,50)(H,51,52). The van der Waals surface area contributed by atoms with Crippen LogP contribution >= 0.6 is 23.2 Å². The van der Waals surface area contributed by atoms with E-state index in [1.807, 2.05) is 23.1 Å². The quantitative estimate of drug-likeness (QED) is 0.227. The molecule has 4 aliphatic rings. The molecule has 0 saturated carbocycles. The first-order chi connectivity index (χ1) is 25.0. The molecule has 0 aliphatic carbocycles. The zero-order chi connectivity index (χ0) is 37.1. The minimum absolute atomic E-state index is 0.134. The summed E-state index contributed by atoms with van der Waals surface area (Å²) >= 11 is 13.4. The predicted molar refractivity (Wildman–Crippen MR) is 203 cm³/mol. The number of aryl methyl sites for hydroxylation is 1. The van der Waals surface area contributed by atoms with Crippen molar-refractivity contribution in [2.24, 2.45) is 0 Å². The summed E-state index contributed by atoms with van der Waals surface area (Å²) in [5.74, 6) is -4.10. The molecule has 0 aromatic heterocycles. The second kappa shape index (κ2) is 16.7. The van der Waals surface area contributed by atoms with Crippen molar-refractivity contribution in [1.82, 2.24) is 24.9 Å². The van der Waals surface area contributed by atoms with Crippen LogP contribution in [0.25, 0.3) is 0 Å². The van der Waals surface area contributed by atoms with E-state index in [9.17, 15) is 24.6 Å². The molecule has 4 aliphatic heterocycles. The zero-order valence-electron chi connectivity index (χ0n) is 30.4. The Morgan fingerprint density at radius 2 is 1.37 bits per heavy atom. The maximum atomic E-state index is 14.0. The number of rotatable bonds is 13. The van der Waals surface area contributed by atoms with Gasteiger partial charge in [0.05, 0.1) is 23.5 Å². The van der Waals surface area contributed by atoms with E-state index >= 15 is 0 Å². The SMILES string of the molecule is CCN(CC)Cc1ccccc1CCC1=C(C(=O)O)C(c2c(Cl)cccc2Cl)C(C(=O)O)=C(CC(=O)N2CCN(C3CC4CCC(C3)N4C)CC2)N1. The van der Waals surface area contributed by atoms with Gasteiger partial charge in [-0.25, -0.2) is 9.59 Å². The van der Waals surface area contributed by atoms with Crippen molar-refractivity contribution in [2.45, 2.75) is 89.4 Å². The Balaban J connectivity index is 1.28. The van der Waals surface area contributed by atoms with Crippen LogP contribution in [0.5, 0.6) is 0 Å². The van der Waals surface area contributed by atoms with Crippen LogP contribution < -0.4 is 5.32 Å². The lowest BCUT2D eigenvalue weighted by atomic mass is 9.78. The molecule has 3 saturated heterocycles. The lowest BCUT2D eigenvalue weighted by Gasteiger charge is -2.45. The number of halogens is 2. The van der Waals surface area contributed by atoms with Gasteiger partial charge in [-0.2, -0.15) is 0 Å². The average Bonchev–Trinajstić information content (AvgIpc) is 3.31. The Bertz CT molecular complexity index is 1700. The molecular formula is C40H51Cl2N5O5. The summed E-state index contributed by atoms with van der Waals surface area (Å²) in [6.07, 6.45) is 5.40. The number of carbonyl (C=O) groups excluding carboxylic acids is 1. The monoisotopic (exact) mass is 751 g/mol. The first-order valence-corrected chi connectivity index (χ1v) is 19.4. The van der Waals surface area contributed by atoms with Crippen LogP contribution in [0.15, 0.2) is 65.0 Å². The molecule has 3 N–H and O–H groups in total. The summed E-state index contributed by atoms with van der Waals surface area (Å²) in [7, 11) is 2.24. The largest absolute Gasteiger partial charge is 0.478 e. The number of piperidine rings is 1. The van der Waals surface area contributed by atoms with Gasteiger partial charge in [-0.1, -0.05) is 67.4 Å². The van der Waals surface area contributed by atoms with E-state index in [0.717, 1.165) is 56.7 Å². The topological polar surface area (TPSA) is 117 Å². The van der Waals surface area contributed by atoms with Gasteiger partial charge in [-0.3, -0.25) is 14.6 Å². The molecule has 0 radical (unpaired) electrons. The van der Waals surface area contributed by atoms with E-state index in [2.05, 4.69) is 47.0 Å². The number of fused-ring (bicyclic) bond motifs is 2. The number of carboxylic acid groups (broad SMARTS) is 2. The molecule has 3 fully saturated rings. The highest BCUT2D eigenvalue weighted by Crippen LogP contribution is 2.45. The molecule has 1 amide bonds. The summed E-state index contributed by atoms with van der Waals surface area (Å²) in [5.41, 5.74) is 2.57. The third-order valence-corrected chi connectivity index (χ3v) is 12.6. The van der Waals surface area contributed by atoms with Crippen LogP contribution in [0.1, 0.15) is 75.0 Å². The van der Waals surface area contributed by atoms with Gasteiger partial charge in [0.2, 0.25) is 5.91 Å². The second-order valence-corrected chi connectivity index (χ2v) is 15.4. The second-order valence-electron chi connectivity index (χ2n) is 14.6. The molecule has 0 spiro atoms. The minimum Gasteiger partial charge on any atom is -0.478 e. The van der Waals surface area contributed by atoms with Crippen LogP contribution in [-0.2, 0) is 27.3 Å². The summed E-state index contributed by atoms with van der Waals surface area (Å²) in [4.78, 5) is 49.5. The van der Waals surface area contributed by atoms with Gasteiger partial charge in [0.25, 0.3) is 0 Å². The van der Waals surface area contributed by atoms with E-state index in [4.69, 9.17) is 23.2 Å². The number of hydrogen-bond acceptors (Lipinski definition) is 7. The highest BCUT2D eigenvalue weighted by atomic mass is 35.5. The van der Waals surface area contributed by atoms with Crippen molar-refractivity contribution < 1.29 is 24.6 Å². The lowest BCUT2D eigenvalue weighted by Crippen LogP contribution is -2.56. The number of piperazine rings is 1. The summed E-state index contributed by atoms with van der Waals surface area (Å²) in [6.45, 7) is 9.46. The normalized spacial score (nSPS) is 24.1. The van der Waals surface area contributed by atoms with E-state index in [-0.39, 0.29) is 51.2 Å². The maximum absolute atomic E-state index is 14.0. The lowest BCUT2D eigenvalue weighted by molar-refractivity contribution is -0.133. The van der Waals surface area contributed by atoms with Gasteiger partial charge in [0.15, 0.2) is 0 Å². The summed E-state index contributed by atoms with van der Waals surface area (Å²) < 4.78 is 0. The number of aliphatic carboxylic acids is 2. The Kier molecular flexibility index (Phi) is 12.3. The fourth-order valence-electron chi connectivity index (χ4n) is 8.91. The number of carbonyl (C=O) groups is 3. The number of nitrogens with zero attached hydrogens (tertiary/aromatic N) is 4. The molecule has 2 aromatic rings. The summed E-state index contributed by atoms with van der Waals surface area (Å²) in [5, 5.41) is 24.9. The molecule has 2 bridgehead atoms. The molecule has 4 heterocycles. The first-order valence-electron chi connectivity index (χ1n) is 18.7. The van der Waals surface area contributed by atoms with Crippen molar-refractivity contribution in [3.05, 3.63) is 91.7 Å². The molecule has 52 heavy (non-hydrogen) atoms. The van der Waals surface area contributed by atoms with E-state index in [1.165, 1.54) is 12.8 Å². The zero-order valence-corrected chi connectivity index (χ0v) is 31.9. The minimum atomic E-state index is -1.33. The van der Waals surface area contributed by atoms with Crippen LogP contribution in [0.3, 0.4) is 0 Å². The van der Waals surface area contributed by atoms with E-state index in [0.29, 0.717) is 43.3 Å². The number of amides is 1. The van der Waals surface area contributed by atoms with Gasteiger partial charge < -0.3 is 25.3 Å². The van der Waals surface area contributed by atoms with Crippen molar-refractivity contribution in [1.29, 1.82) is 0 Å². The van der Waals surface area contributed by atoms with Crippen molar-refractivity contribution in [3.63, 3.8) is 0 Å². The predicted octanol–water partition coefficient (Wildman–Crippen LogP) is 5.99. The fourth-order valence-corrected chi connectivity index (χ4v) is 9.53.